The summed E-state index contributed by atoms with van der Waals surface area (Å²) < 4.78 is 1.68. The molecular formula is C11H11N3O. The van der Waals surface area contributed by atoms with Gasteiger partial charge < -0.3 is 5.11 Å². The molecule has 4 nitrogen and oxygen atoms in total. The Morgan fingerprint density at radius 3 is 2.80 bits per heavy atom. The summed E-state index contributed by atoms with van der Waals surface area (Å²) in [5.74, 6) is 0.845. The molecule has 76 valence electrons. The van der Waals surface area contributed by atoms with Gasteiger partial charge in [0.2, 0.25) is 0 Å². The SMILES string of the molecule is Cn1ccc(N=Cc2ccccc2O)n1. The molecule has 0 spiro atoms. The number of hydrogen-bond acceptors (Lipinski definition) is 3. The van der Waals surface area contributed by atoms with Gasteiger partial charge in [0.05, 0.1) is 0 Å². The first-order chi connectivity index (χ1) is 7.25. The highest BCUT2D eigenvalue weighted by atomic mass is 16.3. The number of phenolic OH excluding ortho intramolecular Hbond substituents is 1. The van der Waals surface area contributed by atoms with Crippen LogP contribution in [0.5, 0.6) is 5.75 Å². The van der Waals surface area contributed by atoms with Gasteiger partial charge in [-0.25, -0.2) is 4.99 Å². The number of benzene rings is 1. The predicted molar refractivity (Wildman–Crippen MR) is 58.6 cm³/mol. The third kappa shape index (κ3) is 2.22. The maximum atomic E-state index is 9.48. The number of aliphatic imine (C=N–C) groups is 1. The maximum absolute atomic E-state index is 9.48. The zero-order valence-electron chi connectivity index (χ0n) is 8.33. The first-order valence-electron chi connectivity index (χ1n) is 4.57. The molecule has 15 heavy (non-hydrogen) atoms. The molecule has 0 aliphatic carbocycles. The zero-order valence-corrected chi connectivity index (χ0v) is 8.33. The van der Waals surface area contributed by atoms with Crippen molar-refractivity contribution in [3.05, 3.63) is 42.1 Å². The van der Waals surface area contributed by atoms with E-state index in [4.69, 9.17) is 0 Å². The van der Waals surface area contributed by atoms with Crippen molar-refractivity contribution in [1.82, 2.24) is 9.78 Å². The Morgan fingerprint density at radius 2 is 2.13 bits per heavy atom. The van der Waals surface area contributed by atoms with E-state index < -0.39 is 0 Å². The van der Waals surface area contributed by atoms with Gasteiger partial charge in [-0.15, -0.1) is 0 Å². The lowest BCUT2D eigenvalue weighted by atomic mass is 10.2. The van der Waals surface area contributed by atoms with Crippen molar-refractivity contribution >= 4 is 12.0 Å². The summed E-state index contributed by atoms with van der Waals surface area (Å²) >= 11 is 0. The largest absolute Gasteiger partial charge is 0.507 e. The number of aryl methyl sites for hydroxylation is 1. The summed E-state index contributed by atoms with van der Waals surface area (Å²) in [6, 6.07) is 8.84. The van der Waals surface area contributed by atoms with E-state index in [1.807, 2.05) is 19.3 Å². The molecule has 0 saturated heterocycles. The predicted octanol–water partition coefficient (Wildman–Crippen LogP) is 1.88. The minimum Gasteiger partial charge on any atom is -0.507 e. The van der Waals surface area contributed by atoms with Gasteiger partial charge in [-0.1, -0.05) is 12.1 Å². The van der Waals surface area contributed by atoms with E-state index in [-0.39, 0.29) is 5.75 Å². The summed E-state index contributed by atoms with van der Waals surface area (Å²) in [4.78, 5) is 4.14. The van der Waals surface area contributed by atoms with Crippen LogP contribution in [0.3, 0.4) is 0 Å². The van der Waals surface area contributed by atoms with Crippen molar-refractivity contribution in [2.24, 2.45) is 12.0 Å². The normalized spacial score (nSPS) is 11.0. The topological polar surface area (TPSA) is 50.4 Å². The van der Waals surface area contributed by atoms with Crippen LogP contribution in [-0.2, 0) is 7.05 Å². The Hall–Kier alpha value is -2.10. The van der Waals surface area contributed by atoms with Crippen LogP contribution in [0, 0.1) is 0 Å². The van der Waals surface area contributed by atoms with Crippen molar-refractivity contribution in [3.8, 4) is 5.75 Å². The Bertz CT molecular complexity index is 488. The molecule has 1 heterocycles. The van der Waals surface area contributed by atoms with Crippen molar-refractivity contribution in [1.29, 1.82) is 0 Å². The molecule has 0 atom stereocenters. The quantitative estimate of drug-likeness (QED) is 0.754. The molecular weight excluding hydrogens is 190 g/mol. The van der Waals surface area contributed by atoms with E-state index in [1.54, 1.807) is 35.2 Å². The van der Waals surface area contributed by atoms with Crippen molar-refractivity contribution in [3.63, 3.8) is 0 Å². The number of aromatic hydroxyl groups is 1. The van der Waals surface area contributed by atoms with Crippen molar-refractivity contribution in [2.45, 2.75) is 0 Å². The maximum Gasteiger partial charge on any atom is 0.173 e. The second-order valence-corrected chi connectivity index (χ2v) is 3.16. The van der Waals surface area contributed by atoms with Crippen molar-refractivity contribution < 1.29 is 5.11 Å². The van der Waals surface area contributed by atoms with Gasteiger partial charge in [0.25, 0.3) is 0 Å². The smallest absolute Gasteiger partial charge is 0.173 e. The van der Waals surface area contributed by atoms with Crippen LogP contribution in [0.15, 0.2) is 41.5 Å². The van der Waals surface area contributed by atoms with Gasteiger partial charge in [0, 0.05) is 31.1 Å². The lowest BCUT2D eigenvalue weighted by molar-refractivity contribution is 0.474. The first kappa shape index (κ1) is 9.45. The summed E-state index contributed by atoms with van der Waals surface area (Å²) in [6.45, 7) is 0. The highest BCUT2D eigenvalue weighted by Crippen LogP contribution is 2.14. The zero-order chi connectivity index (χ0) is 10.7. The van der Waals surface area contributed by atoms with Gasteiger partial charge in [-0.2, -0.15) is 5.10 Å². The number of nitrogens with zero attached hydrogens (tertiary/aromatic N) is 3. The molecule has 0 saturated carbocycles. The first-order valence-corrected chi connectivity index (χ1v) is 4.57. The summed E-state index contributed by atoms with van der Waals surface area (Å²) in [5.41, 5.74) is 0.683. The average molecular weight is 201 g/mol. The van der Waals surface area contributed by atoms with E-state index in [0.29, 0.717) is 11.4 Å². The fraction of sp³-hybridized carbons (Fsp3) is 0.0909. The van der Waals surface area contributed by atoms with Crippen LogP contribution in [0.1, 0.15) is 5.56 Å². The molecule has 0 fully saturated rings. The second kappa shape index (κ2) is 3.96. The Balaban J connectivity index is 2.22. The van der Waals surface area contributed by atoms with Gasteiger partial charge in [0.15, 0.2) is 5.82 Å². The minimum atomic E-state index is 0.220. The monoisotopic (exact) mass is 201 g/mol. The van der Waals surface area contributed by atoms with Crippen LogP contribution < -0.4 is 0 Å². The summed E-state index contributed by atoms with van der Waals surface area (Å²) in [7, 11) is 1.83. The number of para-hydroxylation sites is 1. The highest BCUT2D eigenvalue weighted by Gasteiger charge is 1.96. The molecule has 1 N–H and O–H groups in total. The van der Waals surface area contributed by atoms with Gasteiger partial charge in [-0.3, -0.25) is 4.68 Å². The molecule has 2 aromatic rings. The molecule has 4 heteroatoms. The number of rotatable bonds is 2. The third-order valence-corrected chi connectivity index (χ3v) is 1.97. The fourth-order valence-corrected chi connectivity index (χ4v) is 1.20. The summed E-state index contributed by atoms with van der Waals surface area (Å²) in [6.07, 6.45) is 3.41. The fourth-order valence-electron chi connectivity index (χ4n) is 1.20. The lowest BCUT2D eigenvalue weighted by Gasteiger charge is -1.95. The molecule has 0 aliphatic rings. The van der Waals surface area contributed by atoms with Crippen molar-refractivity contribution in [2.75, 3.05) is 0 Å². The van der Waals surface area contributed by atoms with Gasteiger partial charge >= 0.3 is 0 Å². The number of phenols is 1. The lowest BCUT2D eigenvalue weighted by Crippen LogP contribution is -1.85. The minimum absolute atomic E-state index is 0.220. The van der Waals surface area contributed by atoms with E-state index in [2.05, 4.69) is 10.1 Å². The molecule has 1 aromatic carbocycles. The molecule has 0 bridgehead atoms. The molecule has 0 aliphatic heterocycles. The summed E-state index contributed by atoms with van der Waals surface area (Å²) in [5, 5.41) is 13.6. The number of aromatic nitrogens is 2. The van der Waals surface area contributed by atoms with Crippen LogP contribution in [0.2, 0.25) is 0 Å². The Morgan fingerprint density at radius 1 is 1.33 bits per heavy atom. The Kier molecular flexibility index (Phi) is 2.49. The molecule has 2 rings (SSSR count). The molecule has 0 radical (unpaired) electrons. The molecule has 0 amide bonds. The van der Waals surface area contributed by atoms with E-state index >= 15 is 0 Å². The van der Waals surface area contributed by atoms with Crippen LogP contribution in [0.25, 0.3) is 0 Å². The molecule has 1 aromatic heterocycles. The van der Waals surface area contributed by atoms with Crippen LogP contribution in [-0.4, -0.2) is 21.1 Å². The van der Waals surface area contributed by atoms with E-state index in [9.17, 15) is 5.11 Å². The average Bonchev–Trinajstić information content (AvgIpc) is 2.63. The number of hydrogen-bond donors (Lipinski definition) is 1. The van der Waals surface area contributed by atoms with E-state index in [1.165, 1.54) is 0 Å². The van der Waals surface area contributed by atoms with E-state index in [0.717, 1.165) is 0 Å². The standard InChI is InChI=1S/C11H11N3O/c1-14-7-6-11(13-14)12-8-9-4-2-3-5-10(9)15/h2-8,15H,1H3. The molecule has 0 unspecified atom stereocenters. The van der Waals surface area contributed by atoms with Gasteiger partial charge in [0.1, 0.15) is 5.75 Å². The highest BCUT2D eigenvalue weighted by molar-refractivity contribution is 5.84. The van der Waals surface area contributed by atoms with Gasteiger partial charge in [-0.05, 0) is 12.1 Å². The third-order valence-electron chi connectivity index (χ3n) is 1.97. The second-order valence-electron chi connectivity index (χ2n) is 3.16. The Labute approximate surface area is 87.5 Å². The van der Waals surface area contributed by atoms with Crippen LogP contribution >= 0.6 is 0 Å². The van der Waals surface area contributed by atoms with Crippen LogP contribution in [0.4, 0.5) is 5.82 Å².